The van der Waals surface area contributed by atoms with Gasteiger partial charge in [-0.25, -0.2) is 0 Å². The van der Waals surface area contributed by atoms with E-state index >= 15 is 0 Å². The first-order valence-corrected chi connectivity index (χ1v) is 7.43. The monoisotopic (exact) mass is 278 g/mol. The maximum atomic E-state index is 4.70. The van der Waals surface area contributed by atoms with Crippen molar-refractivity contribution in [3.63, 3.8) is 0 Å². The molecule has 2 aromatic carbocycles. The van der Waals surface area contributed by atoms with Gasteiger partial charge in [0.2, 0.25) is 0 Å². The van der Waals surface area contributed by atoms with Crippen molar-refractivity contribution < 1.29 is 4.68 Å². The third kappa shape index (κ3) is 3.19. The molecule has 0 N–H and O–H groups in total. The molecular weight excluding hydrogens is 258 g/mol. The van der Waals surface area contributed by atoms with Crippen LogP contribution in [0.3, 0.4) is 0 Å². The predicted molar refractivity (Wildman–Crippen MR) is 83.7 cm³/mol. The molecule has 0 bridgehead atoms. The lowest BCUT2D eigenvalue weighted by atomic mass is 10.1. The van der Waals surface area contributed by atoms with Crippen molar-refractivity contribution >= 4 is 0 Å². The summed E-state index contributed by atoms with van der Waals surface area (Å²) in [5.74, 6) is 0. The molecule has 0 aliphatic rings. The van der Waals surface area contributed by atoms with Gasteiger partial charge in [-0.05, 0) is 12.0 Å². The lowest BCUT2D eigenvalue weighted by Gasteiger charge is -1.96. The molecule has 0 fully saturated rings. The number of aryl methyl sites for hydroxylation is 1. The van der Waals surface area contributed by atoms with Gasteiger partial charge >= 0.3 is 0 Å². The molecule has 1 heterocycles. The van der Waals surface area contributed by atoms with E-state index in [1.807, 2.05) is 16.8 Å². The van der Waals surface area contributed by atoms with Crippen LogP contribution in [0.5, 0.6) is 0 Å². The van der Waals surface area contributed by atoms with Crippen LogP contribution in [0.15, 0.2) is 66.9 Å². The molecule has 0 radical (unpaired) electrons. The van der Waals surface area contributed by atoms with Crippen LogP contribution in [0, 0.1) is 0 Å². The minimum Gasteiger partial charge on any atom is -0.132 e. The molecule has 3 rings (SSSR count). The maximum Gasteiger partial charge on any atom is 0.197 e. The van der Waals surface area contributed by atoms with E-state index in [9.17, 15) is 0 Å². The Kier molecular flexibility index (Phi) is 4.10. The van der Waals surface area contributed by atoms with Crippen molar-refractivity contribution in [2.45, 2.75) is 26.4 Å². The summed E-state index contributed by atoms with van der Waals surface area (Å²) >= 11 is 0. The van der Waals surface area contributed by atoms with Crippen LogP contribution in [0.4, 0.5) is 0 Å². The minimum absolute atomic E-state index is 0.803. The summed E-state index contributed by atoms with van der Waals surface area (Å²) in [7, 11) is 0. The molecule has 106 valence electrons. The highest BCUT2D eigenvalue weighted by molar-refractivity contribution is 5.57. The molecule has 0 aliphatic heterocycles. The fourth-order valence-corrected chi connectivity index (χ4v) is 2.48. The quantitative estimate of drug-likeness (QED) is 0.656. The van der Waals surface area contributed by atoms with Gasteiger partial charge in [0.1, 0.15) is 13.1 Å². The Labute approximate surface area is 125 Å². The van der Waals surface area contributed by atoms with Crippen LogP contribution in [0.25, 0.3) is 11.3 Å². The zero-order valence-corrected chi connectivity index (χ0v) is 12.3. The second-order valence-electron chi connectivity index (χ2n) is 5.18. The van der Waals surface area contributed by atoms with Crippen molar-refractivity contribution in [2.24, 2.45) is 0 Å². The van der Waals surface area contributed by atoms with Crippen LogP contribution in [-0.4, -0.2) is 9.90 Å². The molecule has 0 saturated carbocycles. The Hall–Kier alpha value is -2.42. The molecule has 3 aromatic rings. The molecule has 3 heteroatoms. The second-order valence-corrected chi connectivity index (χ2v) is 5.18. The summed E-state index contributed by atoms with van der Waals surface area (Å²) in [5.41, 5.74) is 3.65. The van der Waals surface area contributed by atoms with Gasteiger partial charge in [0, 0.05) is 5.56 Å². The SMILES string of the molecule is CCCn1n[n+](Cc2ccccc2)cc1-c1ccccc1. The molecule has 3 nitrogen and oxygen atoms in total. The first-order chi connectivity index (χ1) is 10.4. The summed E-state index contributed by atoms with van der Waals surface area (Å²) in [6.07, 6.45) is 3.21. The molecule has 0 amide bonds. The largest absolute Gasteiger partial charge is 0.197 e. The van der Waals surface area contributed by atoms with Gasteiger partial charge < -0.3 is 0 Å². The van der Waals surface area contributed by atoms with Gasteiger partial charge in [-0.2, -0.15) is 0 Å². The molecule has 21 heavy (non-hydrogen) atoms. The van der Waals surface area contributed by atoms with Gasteiger partial charge in [-0.3, -0.25) is 0 Å². The normalized spacial score (nSPS) is 10.7. The second kappa shape index (κ2) is 6.35. The maximum absolute atomic E-state index is 4.70. The summed E-state index contributed by atoms with van der Waals surface area (Å²) in [5, 5.41) is 4.70. The molecule has 0 atom stereocenters. The molecule has 0 saturated heterocycles. The lowest BCUT2D eigenvalue weighted by molar-refractivity contribution is -0.747. The third-order valence-corrected chi connectivity index (χ3v) is 3.46. The predicted octanol–water partition coefficient (Wildman–Crippen LogP) is 3.30. The van der Waals surface area contributed by atoms with Crippen LogP contribution in [0.2, 0.25) is 0 Å². The Morgan fingerprint density at radius 1 is 0.952 bits per heavy atom. The Morgan fingerprint density at radius 3 is 2.29 bits per heavy atom. The van der Waals surface area contributed by atoms with Crippen molar-refractivity contribution in [1.29, 1.82) is 0 Å². The zero-order valence-electron chi connectivity index (χ0n) is 12.3. The molecule has 0 spiro atoms. The van der Waals surface area contributed by atoms with Crippen molar-refractivity contribution in [2.75, 3.05) is 0 Å². The van der Waals surface area contributed by atoms with Crippen LogP contribution in [0.1, 0.15) is 18.9 Å². The van der Waals surface area contributed by atoms with E-state index in [0.717, 1.165) is 19.5 Å². The van der Waals surface area contributed by atoms with Crippen LogP contribution < -0.4 is 4.68 Å². The van der Waals surface area contributed by atoms with E-state index in [0.29, 0.717) is 0 Å². The average Bonchev–Trinajstić information content (AvgIpc) is 2.92. The lowest BCUT2D eigenvalue weighted by Crippen LogP contribution is -2.36. The first-order valence-electron chi connectivity index (χ1n) is 7.43. The number of aromatic nitrogens is 3. The van der Waals surface area contributed by atoms with Crippen molar-refractivity contribution in [3.8, 4) is 11.3 Å². The smallest absolute Gasteiger partial charge is 0.132 e. The highest BCUT2D eigenvalue weighted by atomic mass is 15.5. The number of benzene rings is 2. The van der Waals surface area contributed by atoms with E-state index < -0.39 is 0 Å². The zero-order chi connectivity index (χ0) is 14.5. The Bertz CT molecular complexity index is 687. The number of hydrogen-bond acceptors (Lipinski definition) is 1. The fraction of sp³-hybridized carbons (Fsp3) is 0.222. The number of nitrogens with zero attached hydrogens (tertiary/aromatic N) is 3. The van der Waals surface area contributed by atoms with Gasteiger partial charge in [0.25, 0.3) is 0 Å². The van der Waals surface area contributed by atoms with Crippen LogP contribution in [-0.2, 0) is 13.1 Å². The molecule has 0 unspecified atom stereocenters. The van der Waals surface area contributed by atoms with Crippen molar-refractivity contribution in [3.05, 3.63) is 72.4 Å². The van der Waals surface area contributed by atoms with E-state index in [4.69, 9.17) is 5.21 Å². The number of rotatable bonds is 5. The summed E-state index contributed by atoms with van der Waals surface area (Å²) < 4.78 is 4.12. The van der Waals surface area contributed by atoms with E-state index in [2.05, 4.69) is 66.3 Å². The third-order valence-electron chi connectivity index (χ3n) is 3.46. The Balaban J connectivity index is 1.93. The summed E-state index contributed by atoms with van der Waals surface area (Å²) in [4.78, 5) is 0. The minimum atomic E-state index is 0.803. The van der Waals surface area contributed by atoms with E-state index in [-0.39, 0.29) is 0 Å². The topological polar surface area (TPSA) is 21.7 Å². The van der Waals surface area contributed by atoms with Gasteiger partial charge in [-0.1, -0.05) is 67.6 Å². The Morgan fingerprint density at radius 2 is 1.62 bits per heavy atom. The van der Waals surface area contributed by atoms with Crippen molar-refractivity contribution in [1.82, 2.24) is 9.90 Å². The van der Waals surface area contributed by atoms with E-state index in [1.54, 1.807) is 0 Å². The van der Waals surface area contributed by atoms with E-state index in [1.165, 1.54) is 16.8 Å². The molecule has 1 aromatic heterocycles. The molecule has 0 aliphatic carbocycles. The first kappa shape index (κ1) is 13.6. The van der Waals surface area contributed by atoms with Gasteiger partial charge in [-0.15, -0.1) is 9.36 Å². The van der Waals surface area contributed by atoms with Crippen LogP contribution >= 0.6 is 0 Å². The highest BCUT2D eigenvalue weighted by Crippen LogP contribution is 2.17. The summed E-state index contributed by atoms with van der Waals surface area (Å²) in [6, 6.07) is 20.9. The standard InChI is InChI=1S/C18H20N3/c1-2-13-21-18(17-11-7-4-8-12-17)15-20(19-21)14-16-9-5-3-6-10-16/h3-12,15H,2,13-14H2,1H3/q+1. The van der Waals surface area contributed by atoms with Gasteiger partial charge in [0.05, 0.1) is 5.21 Å². The van der Waals surface area contributed by atoms with Gasteiger partial charge in [0.15, 0.2) is 11.9 Å². The average molecular weight is 278 g/mol. The summed E-state index contributed by atoms with van der Waals surface area (Å²) in [6.45, 7) is 3.92. The number of hydrogen-bond donors (Lipinski definition) is 0. The molecular formula is C18H20N3+. The highest BCUT2D eigenvalue weighted by Gasteiger charge is 2.16. The fourth-order valence-electron chi connectivity index (χ4n) is 2.48.